The van der Waals surface area contributed by atoms with E-state index in [1.807, 2.05) is 24.3 Å². The molecule has 0 aliphatic heterocycles. The molecule has 0 aliphatic rings. The van der Waals surface area contributed by atoms with Crippen molar-refractivity contribution in [3.63, 3.8) is 0 Å². The summed E-state index contributed by atoms with van der Waals surface area (Å²) in [4.78, 5) is 8.95. The van der Waals surface area contributed by atoms with Crippen molar-refractivity contribution in [3.8, 4) is 22.5 Å². The first-order valence-electron chi connectivity index (χ1n) is 10.4. The van der Waals surface area contributed by atoms with Crippen LogP contribution in [0.1, 0.15) is 36.7 Å². The Morgan fingerprint density at radius 3 is 2.55 bits per heavy atom. The number of aryl methyl sites for hydroxylation is 1. The van der Waals surface area contributed by atoms with Gasteiger partial charge in [-0.2, -0.15) is 5.21 Å². The van der Waals surface area contributed by atoms with Gasteiger partial charge in [0.1, 0.15) is 11.6 Å². The number of anilines is 1. The van der Waals surface area contributed by atoms with Gasteiger partial charge in [-0.3, -0.25) is 0 Å². The molecule has 0 aliphatic carbocycles. The summed E-state index contributed by atoms with van der Waals surface area (Å²) in [6, 6.07) is 16.3. The minimum Gasteiger partial charge on any atom is -0.391 e. The first kappa shape index (κ1) is 20.6. The SMILES string of the molecule is CCCCc1ncc(CO)c(NCc2ccc(-c3ccccc3-c3nn[nH]n3)cc2)n1. The van der Waals surface area contributed by atoms with Gasteiger partial charge < -0.3 is 10.4 Å². The molecule has 0 radical (unpaired) electrons. The number of aromatic nitrogens is 6. The Hall–Kier alpha value is -3.65. The Morgan fingerprint density at radius 1 is 1.03 bits per heavy atom. The molecule has 0 atom stereocenters. The van der Waals surface area contributed by atoms with Crippen LogP contribution in [0.4, 0.5) is 5.82 Å². The second-order valence-corrected chi connectivity index (χ2v) is 7.25. The van der Waals surface area contributed by atoms with E-state index >= 15 is 0 Å². The van der Waals surface area contributed by atoms with E-state index in [9.17, 15) is 5.11 Å². The number of tetrazole rings is 1. The van der Waals surface area contributed by atoms with Gasteiger partial charge in [0.2, 0.25) is 5.82 Å². The summed E-state index contributed by atoms with van der Waals surface area (Å²) in [7, 11) is 0. The van der Waals surface area contributed by atoms with Gasteiger partial charge in [-0.1, -0.05) is 61.9 Å². The van der Waals surface area contributed by atoms with Crippen molar-refractivity contribution in [3.05, 3.63) is 71.7 Å². The first-order valence-corrected chi connectivity index (χ1v) is 10.4. The lowest BCUT2D eigenvalue weighted by atomic mass is 9.98. The van der Waals surface area contributed by atoms with E-state index in [-0.39, 0.29) is 6.61 Å². The maximum absolute atomic E-state index is 9.61. The quantitative estimate of drug-likeness (QED) is 0.381. The standard InChI is InChI=1S/C23H25N7O/c1-2-3-8-21-24-14-18(15-31)22(26-21)25-13-16-9-11-17(12-10-16)19-6-4-5-7-20(19)23-27-29-30-28-23/h4-7,9-12,14,31H,2-3,8,13,15H2,1H3,(H,24,25,26)(H,27,28,29,30). The number of unbranched alkanes of at least 4 members (excludes halogenated alkanes) is 1. The second kappa shape index (κ2) is 9.90. The molecule has 0 spiro atoms. The maximum atomic E-state index is 9.61. The van der Waals surface area contributed by atoms with Crippen LogP contribution in [-0.2, 0) is 19.6 Å². The summed E-state index contributed by atoms with van der Waals surface area (Å²) in [5.74, 6) is 2.06. The lowest BCUT2D eigenvalue weighted by Gasteiger charge is -2.12. The highest BCUT2D eigenvalue weighted by molar-refractivity contribution is 5.80. The summed E-state index contributed by atoms with van der Waals surface area (Å²) >= 11 is 0. The molecule has 2 aromatic carbocycles. The zero-order valence-corrected chi connectivity index (χ0v) is 17.4. The molecule has 158 valence electrons. The maximum Gasteiger partial charge on any atom is 0.205 e. The smallest absolute Gasteiger partial charge is 0.205 e. The number of nitrogens with one attached hydrogen (secondary N) is 2. The fourth-order valence-corrected chi connectivity index (χ4v) is 3.36. The molecule has 31 heavy (non-hydrogen) atoms. The van der Waals surface area contributed by atoms with Crippen LogP contribution in [0, 0.1) is 0 Å². The molecule has 4 rings (SSSR count). The van der Waals surface area contributed by atoms with E-state index in [1.54, 1.807) is 6.20 Å². The van der Waals surface area contributed by atoms with Crippen LogP contribution < -0.4 is 5.32 Å². The molecule has 3 N–H and O–H groups in total. The van der Waals surface area contributed by atoms with Crippen LogP contribution in [0.5, 0.6) is 0 Å². The topological polar surface area (TPSA) is 112 Å². The fraction of sp³-hybridized carbons (Fsp3) is 0.261. The molecule has 0 saturated carbocycles. The van der Waals surface area contributed by atoms with Crippen LogP contribution in [-0.4, -0.2) is 35.7 Å². The van der Waals surface area contributed by atoms with Crippen LogP contribution in [0.2, 0.25) is 0 Å². The van der Waals surface area contributed by atoms with E-state index < -0.39 is 0 Å². The van der Waals surface area contributed by atoms with Gasteiger partial charge in [0, 0.05) is 30.3 Å². The molecule has 0 fully saturated rings. The Bertz CT molecular complexity index is 1110. The highest BCUT2D eigenvalue weighted by atomic mass is 16.3. The van der Waals surface area contributed by atoms with Crippen LogP contribution in [0.15, 0.2) is 54.7 Å². The molecule has 0 amide bonds. The predicted octanol–water partition coefficient (Wildman–Crippen LogP) is 3.77. The number of aromatic amines is 1. The first-order chi connectivity index (χ1) is 15.3. The highest BCUT2D eigenvalue weighted by Gasteiger charge is 2.11. The monoisotopic (exact) mass is 415 g/mol. The number of aliphatic hydroxyl groups is 1. The number of hydrogen-bond acceptors (Lipinski definition) is 7. The average molecular weight is 416 g/mol. The minimum absolute atomic E-state index is 0.0950. The van der Waals surface area contributed by atoms with Gasteiger partial charge >= 0.3 is 0 Å². The Kier molecular flexibility index (Phi) is 6.59. The van der Waals surface area contributed by atoms with E-state index in [0.29, 0.717) is 23.8 Å². The minimum atomic E-state index is -0.0950. The molecule has 8 heteroatoms. The number of benzene rings is 2. The van der Waals surface area contributed by atoms with Crippen LogP contribution in [0.3, 0.4) is 0 Å². The predicted molar refractivity (Wildman–Crippen MR) is 119 cm³/mol. The van der Waals surface area contributed by atoms with Gasteiger partial charge in [0.25, 0.3) is 0 Å². The number of aliphatic hydroxyl groups excluding tert-OH is 1. The third-order valence-electron chi connectivity index (χ3n) is 5.08. The van der Waals surface area contributed by atoms with E-state index in [0.717, 1.165) is 47.3 Å². The third-order valence-corrected chi connectivity index (χ3v) is 5.08. The molecular weight excluding hydrogens is 390 g/mol. The highest BCUT2D eigenvalue weighted by Crippen LogP contribution is 2.29. The average Bonchev–Trinajstić information content (AvgIpc) is 3.37. The molecular formula is C23H25N7O. The van der Waals surface area contributed by atoms with Crippen LogP contribution in [0.25, 0.3) is 22.5 Å². The van der Waals surface area contributed by atoms with Crippen molar-refractivity contribution in [1.29, 1.82) is 0 Å². The summed E-state index contributed by atoms with van der Waals surface area (Å²) in [6.45, 7) is 2.65. The van der Waals surface area contributed by atoms with Crippen molar-refractivity contribution in [2.45, 2.75) is 39.3 Å². The van der Waals surface area contributed by atoms with Crippen molar-refractivity contribution < 1.29 is 5.11 Å². The Balaban J connectivity index is 1.49. The second-order valence-electron chi connectivity index (χ2n) is 7.25. The zero-order valence-electron chi connectivity index (χ0n) is 17.4. The van der Waals surface area contributed by atoms with Gasteiger partial charge in [0.05, 0.1) is 6.61 Å². The van der Waals surface area contributed by atoms with E-state index in [1.165, 1.54) is 0 Å². The summed E-state index contributed by atoms with van der Waals surface area (Å²) < 4.78 is 0. The number of H-pyrrole nitrogens is 1. The molecule has 2 heterocycles. The van der Waals surface area contributed by atoms with E-state index in [4.69, 9.17) is 0 Å². The van der Waals surface area contributed by atoms with Gasteiger partial charge in [0.15, 0.2) is 0 Å². The summed E-state index contributed by atoms with van der Waals surface area (Å²) in [5, 5.41) is 27.3. The van der Waals surface area contributed by atoms with Crippen molar-refractivity contribution in [2.24, 2.45) is 0 Å². The summed E-state index contributed by atoms with van der Waals surface area (Å²) in [5.41, 5.74) is 4.85. The molecule has 4 aromatic rings. The lowest BCUT2D eigenvalue weighted by molar-refractivity contribution is 0.281. The molecule has 8 nitrogen and oxygen atoms in total. The van der Waals surface area contributed by atoms with Gasteiger partial charge in [-0.15, -0.1) is 10.2 Å². The van der Waals surface area contributed by atoms with Crippen LogP contribution >= 0.6 is 0 Å². The molecule has 0 unspecified atom stereocenters. The third kappa shape index (κ3) is 4.92. The molecule has 2 aromatic heterocycles. The normalized spacial score (nSPS) is 10.9. The fourth-order valence-electron chi connectivity index (χ4n) is 3.36. The number of rotatable bonds is 9. The molecule has 0 bridgehead atoms. The largest absolute Gasteiger partial charge is 0.391 e. The van der Waals surface area contributed by atoms with Crippen molar-refractivity contribution >= 4 is 5.82 Å². The van der Waals surface area contributed by atoms with Gasteiger partial charge in [-0.25, -0.2) is 9.97 Å². The number of nitrogens with zero attached hydrogens (tertiary/aromatic N) is 5. The van der Waals surface area contributed by atoms with Crippen molar-refractivity contribution in [2.75, 3.05) is 5.32 Å². The summed E-state index contributed by atoms with van der Waals surface area (Å²) in [6.07, 6.45) is 4.68. The Labute approximate surface area is 180 Å². The van der Waals surface area contributed by atoms with Crippen molar-refractivity contribution in [1.82, 2.24) is 30.6 Å². The molecule has 0 saturated heterocycles. The number of hydrogen-bond donors (Lipinski definition) is 3. The van der Waals surface area contributed by atoms with E-state index in [2.05, 4.69) is 67.1 Å². The lowest BCUT2D eigenvalue weighted by Crippen LogP contribution is -2.08. The Morgan fingerprint density at radius 2 is 1.84 bits per heavy atom. The zero-order chi connectivity index (χ0) is 21.5. The van der Waals surface area contributed by atoms with Gasteiger partial charge in [-0.05, 0) is 28.3 Å².